The van der Waals surface area contributed by atoms with E-state index in [1.54, 1.807) is 30.3 Å². The predicted molar refractivity (Wildman–Crippen MR) is 126 cm³/mol. The van der Waals surface area contributed by atoms with Crippen LogP contribution in [-0.4, -0.2) is 35.2 Å². The summed E-state index contributed by atoms with van der Waals surface area (Å²) in [7, 11) is 1.44. The lowest BCUT2D eigenvalue weighted by molar-refractivity contribution is -0.112. The molecule has 0 unspecified atom stereocenters. The fourth-order valence-electron chi connectivity index (χ4n) is 3.09. The average molecular weight is 472 g/mol. The number of benzene rings is 3. The van der Waals surface area contributed by atoms with Crippen molar-refractivity contribution >= 4 is 29.6 Å². The third-order valence-electron chi connectivity index (χ3n) is 4.80. The van der Waals surface area contributed by atoms with Gasteiger partial charge < -0.3 is 25.0 Å². The number of amides is 1. The fraction of sp³-hybridized carbons (Fsp3) is 0.0769. The number of carboxylic acid groups (broad SMARTS) is 2. The Balaban J connectivity index is 1.76. The zero-order valence-electron chi connectivity index (χ0n) is 18.5. The zero-order chi connectivity index (χ0) is 25.4. The lowest BCUT2D eigenvalue weighted by Gasteiger charge is -2.12. The van der Waals surface area contributed by atoms with Crippen molar-refractivity contribution in [1.82, 2.24) is 0 Å². The molecule has 3 aromatic carbocycles. The van der Waals surface area contributed by atoms with E-state index in [-0.39, 0.29) is 29.0 Å². The molecule has 1 amide bonds. The van der Waals surface area contributed by atoms with Gasteiger partial charge in [0.2, 0.25) is 0 Å². The second-order valence-electron chi connectivity index (χ2n) is 7.21. The SMILES string of the molecule is COc1cc(/C=C(/C#N)C(=O)Nc2cccc(C(=O)O)c2)ccc1OCc1cccc(C(=O)O)c1. The number of carbonyl (C=O) groups is 3. The number of anilines is 1. The van der Waals surface area contributed by atoms with Gasteiger partial charge >= 0.3 is 11.9 Å². The van der Waals surface area contributed by atoms with Crippen LogP contribution in [0.4, 0.5) is 5.69 Å². The topological polar surface area (TPSA) is 146 Å². The van der Waals surface area contributed by atoms with Crippen LogP contribution in [0.1, 0.15) is 31.8 Å². The van der Waals surface area contributed by atoms with E-state index < -0.39 is 17.8 Å². The first-order valence-corrected chi connectivity index (χ1v) is 10.2. The summed E-state index contributed by atoms with van der Waals surface area (Å²) in [6.07, 6.45) is 1.36. The van der Waals surface area contributed by atoms with Crippen LogP contribution in [0, 0.1) is 11.3 Å². The normalized spacial score (nSPS) is 10.7. The Kier molecular flexibility index (Phi) is 7.82. The third kappa shape index (κ3) is 6.46. The molecule has 0 saturated heterocycles. The van der Waals surface area contributed by atoms with E-state index in [4.69, 9.17) is 19.7 Å². The van der Waals surface area contributed by atoms with Gasteiger partial charge in [0.25, 0.3) is 5.91 Å². The van der Waals surface area contributed by atoms with Gasteiger partial charge in [0.05, 0.1) is 18.2 Å². The molecule has 35 heavy (non-hydrogen) atoms. The number of rotatable bonds is 9. The van der Waals surface area contributed by atoms with Gasteiger partial charge in [0.1, 0.15) is 18.2 Å². The third-order valence-corrected chi connectivity index (χ3v) is 4.80. The van der Waals surface area contributed by atoms with Crippen LogP contribution in [0.5, 0.6) is 11.5 Å². The summed E-state index contributed by atoms with van der Waals surface area (Å²) in [6.45, 7) is 0.105. The predicted octanol–water partition coefficient (Wildman–Crippen LogP) is 4.22. The molecule has 0 spiro atoms. The maximum atomic E-state index is 12.5. The van der Waals surface area contributed by atoms with Crippen molar-refractivity contribution in [3.63, 3.8) is 0 Å². The van der Waals surface area contributed by atoms with Gasteiger partial charge in [0.15, 0.2) is 11.5 Å². The van der Waals surface area contributed by atoms with E-state index in [0.717, 1.165) is 0 Å². The zero-order valence-corrected chi connectivity index (χ0v) is 18.5. The Labute approximate surface area is 200 Å². The minimum absolute atomic E-state index is 0.000277. The lowest BCUT2D eigenvalue weighted by atomic mass is 10.1. The molecule has 176 valence electrons. The maximum Gasteiger partial charge on any atom is 0.335 e. The molecule has 0 radical (unpaired) electrons. The number of hydrogen-bond donors (Lipinski definition) is 3. The molecule has 9 nitrogen and oxygen atoms in total. The highest BCUT2D eigenvalue weighted by molar-refractivity contribution is 6.10. The molecule has 3 N–H and O–H groups in total. The molecule has 0 aliphatic carbocycles. The molecule has 0 aliphatic rings. The molecular formula is C26H20N2O7. The minimum atomic E-state index is -1.14. The summed E-state index contributed by atoms with van der Waals surface area (Å²) in [5, 5.41) is 30.2. The molecule has 0 aliphatic heterocycles. The van der Waals surface area contributed by atoms with Crippen molar-refractivity contribution in [2.24, 2.45) is 0 Å². The van der Waals surface area contributed by atoms with Gasteiger partial charge in [-0.2, -0.15) is 5.26 Å². The second kappa shape index (κ2) is 11.2. The van der Waals surface area contributed by atoms with Crippen LogP contribution >= 0.6 is 0 Å². The summed E-state index contributed by atoms with van der Waals surface area (Å²) in [6, 6.07) is 18.7. The lowest BCUT2D eigenvalue weighted by Crippen LogP contribution is -2.14. The highest BCUT2D eigenvalue weighted by Crippen LogP contribution is 2.30. The Morgan fingerprint density at radius 1 is 0.943 bits per heavy atom. The Hall–Kier alpha value is -5.10. The first-order chi connectivity index (χ1) is 16.8. The fourth-order valence-corrected chi connectivity index (χ4v) is 3.09. The number of nitrogens with zero attached hydrogens (tertiary/aromatic N) is 1. The average Bonchev–Trinajstić information content (AvgIpc) is 2.86. The van der Waals surface area contributed by atoms with E-state index in [2.05, 4.69) is 5.32 Å². The van der Waals surface area contributed by atoms with Crippen molar-refractivity contribution in [2.75, 3.05) is 12.4 Å². The van der Waals surface area contributed by atoms with Crippen LogP contribution in [0.2, 0.25) is 0 Å². The molecule has 3 aromatic rings. The van der Waals surface area contributed by atoms with Crippen molar-refractivity contribution < 1.29 is 34.1 Å². The number of carboxylic acids is 2. The number of nitriles is 1. The molecule has 0 fully saturated rings. The summed E-state index contributed by atoms with van der Waals surface area (Å²) in [4.78, 5) is 34.8. The number of hydrogen-bond acceptors (Lipinski definition) is 6. The van der Waals surface area contributed by atoms with Gasteiger partial charge in [-0.05, 0) is 59.7 Å². The van der Waals surface area contributed by atoms with Gasteiger partial charge in [-0.3, -0.25) is 4.79 Å². The van der Waals surface area contributed by atoms with Crippen LogP contribution in [-0.2, 0) is 11.4 Å². The standard InChI is InChI=1S/C26H20N2O7/c1-34-23-12-16(8-9-22(23)35-15-17-4-2-5-18(11-17)25(30)31)10-20(14-27)24(29)28-21-7-3-6-19(13-21)26(32)33/h2-13H,15H2,1H3,(H,28,29)(H,30,31)(H,32,33)/b20-10-. The number of ether oxygens (including phenoxy) is 2. The number of methoxy groups -OCH3 is 1. The van der Waals surface area contributed by atoms with Crippen molar-refractivity contribution in [1.29, 1.82) is 5.26 Å². The molecular weight excluding hydrogens is 452 g/mol. The number of nitrogens with one attached hydrogen (secondary N) is 1. The number of carbonyl (C=O) groups excluding carboxylic acids is 1. The second-order valence-corrected chi connectivity index (χ2v) is 7.21. The van der Waals surface area contributed by atoms with Crippen molar-refractivity contribution in [3.8, 4) is 17.6 Å². The monoisotopic (exact) mass is 472 g/mol. The molecule has 9 heteroatoms. The van der Waals surface area contributed by atoms with Crippen molar-refractivity contribution in [3.05, 3.63) is 94.6 Å². The van der Waals surface area contributed by atoms with Gasteiger partial charge in [-0.15, -0.1) is 0 Å². The van der Waals surface area contributed by atoms with Crippen LogP contribution < -0.4 is 14.8 Å². The van der Waals surface area contributed by atoms with Gasteiger partial charge in [-0.1, -0.05) is 24.3 Å². The summed E-state index contributed by atoms with van der Waals surface area (Å²) in [5.41, 5.74) is 1.34. The first kappa shape index (κ1) is 24.5. The minimum Gasteiger partial charge on any atom is -0.493 e. The van der Waals surface area contributed by atoms with Crippen LogP contribution in [0.15, 0.2) is 72.3 Å². The Morgan fingerprint density at radius 3 is 2.29 bits per heavy atom. The molecule has 0 bridgehead atoms. The molecule has 0 atom stereocenters. The largest absolute Gasteiger partial charge is 0.493 e. The molecule has 0 heterocycles. The van der Waals surface area contributed by atoms with Crippen LogP contribution in [0.25, 0.3) is 6.08 Å². The number of aromatic carboxylic acids is 2. The molecule has 0 saturated carbocycles. The first-order valence-electron chi connectivity index (χ1n) is 10.2. The Bertz CT molecular complexity index is 1360. The summed E-state index contributed by atoms with van der Waals surface area (Å²) >= 11 is 0. The smallest absolute Gasteiger partial charge is 0.335 e. The molecule has 0 aromatic heterocycles. The Morgan fingerprint density at radius 2 is 1.63 bits per heavy atom. The summed E-state index contributed by atoms with van der Waals surface area (Å²) < 4.78 is 11.1. The highest BCUT2D eigenvalue weighted by Gasteiger charge is 2.13. The van der Waals surface area contributed by atoms with Gasteiger partial charge in [0, 0.05) is 5.69 Å². The van der Waals surface area contributed by atoms with E-state index in [1.807, 2.05) is 6.07 Å². The van der Waals surface area contributed by atoms with E-state index in [1.165, 1.54) is 49.6 Å². The van der Waals surface area contributed by atoms with E-state index >= 15 is 0 Å². The highest BCUT2D eigenvalue weighted by atomic mass is 16.5. The molecule has 3 rings (SSSR count). The van der Waals surface area contributed by atoms with Crippen LogP contribution in [0.3, 0.4) is 0 Å². The quantitative estimate of drug-likeness (QED) is 0.310. The van der Waals surface area contributed by atoms with Crippen molar-refractivity contribution in [2.45, 2.75) is 6.61 Å². The van der Waals surface area contributed by atoms with Gasteiger partial charge in [-0.25, -0.2) is 9.59 Å². The van der Waals surface area contributed by atoms with E-state index in [9.17, 15) is 19.6 Å². The maximum absolute atomic E-state index is 12.5. The summed E-state index contributed by atoms with van der Waals surface area (Å²) in [5.74, 6) is -2.14. The van der Waals surface area contributed by atoms with E-state index in [0.29, 0.717) is 22.6 Å².